The third kappa shape index (κ3) is 7.07. The number of halogens is 2. The van der Waals surface area contributed by atoms with Gasteiger partial charge in [-0.15, -0.1) is 0 Å². The van der Waals surface area contributed by atoms with E-state index in [1.807, 2.05) is 6.07 Å². The molecule has 0 aliphatic heterocycles. The molecular weight excluding hydrogens is 423 g/mol. The minimum Gasteiger partial charge on any atom is -0.352 e. The van der Waals surface area contributed by atoms with E-state index in [1.54, 1.807) is 36.4 Å². The molecule has 2 aromatic carbocycles. The maximum absolute atomic E-state index is 13.6. The maximum atomic E-state index is 13.6. The molecule has 0 heterocycles. The van der Waals surface area contributed by atoms with Crippen LogP contribution in [-0.4, -0.2) is 20.9 Å². The van der Waals surface area contributed by atoms with E-state index in [1.165, 1.54) is 12.1 Å². The van der Waals surface area contributed by atoms with E-state index in [0.29, 0.717) is 10.0 Å². The average Bonchev–Trinajstić information content (AvgIpc) is 2.61. The van der Waals surface area contributed by atoms with E-state index in [4.69, 9.17) is 0 Å². The summed E-state index contributed by atoms with van der Waals surface area (Å²) >= 11 is 3.24. The molecule has 0 aromatic heterocycles. The van der Waals surface area contributed by atoms with Gasteiger partial charge in [-0.3, -0.25) is 4.79 Å². The van der Waals surface area contributed by atoms with Crippen LogP contribution in [0.2, 0.25) is 0 Å². The molecule has 26 heavy (non-hydrogen) atoms. The lowest BCUT2D eigenvalue weighted by Gasteiger charge is -2.07. The topological polar surface area (TPSA) is 75.3 Å². The van der Waals surface area contributed by atoms with Crippen LogP contribution in [0.1, 0.15) is 17.5 Å². The summed E-state index contributed by atoms with van der Waals surface area (Å²) in [7, 11) is -3.63. The van der Waals surface area contributed by atoms with Gasteiger partial charge in [-0.05, 0) is 29.8 Å². The first-order valence-electron chi connectivity index (χ1n) is 7.79. The van der Waals surface area contributed by atoms with Crippen molar-refractivity contribution in [1.82, 2.24) is 10.0 Å². The van der Waals surface area contributed by atoms with E-state index in [0.717, 1.165) is 11.0 Å². The molecule has 0 aliphatic rings. The number of amides is 1. The van der Waals surface area contributed by atoms with Crippen molar-refractivity contribution in [3.63, 3.8) is 0 Å². The number of carbonyl (C=O) groups is 1. The van der Waals surface area contributed by atoms with Crippen molar-refractivity contribution in [3.8, 4) is 0 Å². The zero-order chi connectivity index (χ0) is 19.0. The van der Waals surface area contributed by atoms with Crippen LogP contribution in [0, 0.1) is 5.82 Å². The van der Waals surface area contributed by atoms with Crippen LogP contribution >= 0.6 is 15.9 Å². The second kappa shape index (κ2) is 9.61. The van der Waals surface area contributed by atoms with Crippen molar-refractivity contribution in [3.05, 3.63) is 75.4 Å². The third-order valence-electron chi connectivity index (χ3n) is 3.38. The van der Waals surface area contributed by atoms with Crippen molar-refractivity contribution in [2.24, 2.45) is 0 Å². The van der Waals surface area contributed by atoms with E-state index in [2.05, 4.69) is 26.0 Å². The van der Waals surface area contributed by atoms with E-state index in [-0.39, 0.29) is 25.4 Å². The Hall–Kier alpha value is -2.03. The lowest BCUT2D eigenvalue weighted by atomic mass is 10.2. The minimum atomic E-state index is -3.63. The molecule has 0 radical (unpaired) electrons. The highest BCUT2D eigenvalue weighted by Gasteiger charge is 2.08. The molecule has 2 aromatic rings. The zero-order valence-electron chi connectivity index (χ0n) is 13.8. The van der Waals surface area contributed by atoms with Gasteiger partial charge < -0.3 is 5.32 Å². The first kappa shape index (κ1) is 20.3. The highest BCUT2D eigenvalue weighted by Crippen LogP contribution is 2.15. The summed E-state index contributed by atoms with van der Waals surface area (Å²) in [6.07, 6.45) is 1.42. The Morgan fingerprint density at radius 3 is 2.62 bits per heavy atom. The number of sulfonamides is 1. The highest BCUT2D eigenvalue weighted by molar-refractivity contribution is 9.10. The largest absolute Gasteiger partial charge is 0.352 e. The molecule has 0 aliphatic carbocycles. The molecule has 0 fully saturated rings. The number of carbonyl (C=O) groups excluding carboxylic acids is 1. The van der Waals surface area contributed by atoms with Gasteiger partial charge in [-0.25, -0.2) is 17.5 Å². The fraction of sp³-hybridized carbons (Fsp3) is 0.167. The van der Waals surface area contributed by atoms with Gasteiger partial charge in [0.05, 0.1) is 0 Å². The molecule has 138 valence electrons. The Balaban J connectivity index is 1.77. The summed E-state index contributed by atoms with van der Waals surface area (Å²) in [5.41, 5.74) is 1.10. The van der Waals surface area contributed by atoms with Gasteiger partial charge in [0, 0.05) is 35.0 Å². The summed E-state index contributed by atoms with van der Waals surface area (Å²) in [6, 6.07) is 13.4. The first-order valence-corrected chi connectivity index (χ1v) is 10.1. The van der Waals surface area contributed by atoms with Gasteiger partial charge in [0.15, 0.2) is 0 Å². The summed E-state index contributed by atoms with van der Waals surface area (Å²) in [5.74, 6) is -0.792. The molecule has 2 rings (SSSR count). The van der Waals surface area contributed by atoms with Crippen molar-refractivity contribution in [2.45, 2.75) is 13.0 Å². The van der Waals surface area contributed by atoms with Gasteiger partial charge in [0.1, 0.15) is 5.82 Å². The van der Waals surface area contributed by atoms with Gasteiger partial charge in [-0.2, -0.15) is 0 Å². The van der Waals surface area contributed by atoms with E-state index < -0.39 is 15.8 Å². The zero-order valence-corrected chi connectivity index (χ0v) is 16.2. The molecule has 2 N–H and O–H groups in total. The quantitative estimate of drug-likeness (QED) is 0.661. The number of rotatable bonds is 8. The highest BCUT2D eigenvalue weighted by atomic mass is 79.9. The van der Waals surface area contributed by atoms with Crippen molar-refractivity contribution in [1.29, 1.82) is 0 Å². The van der Waals surface area contributed by atoms with Crippen LogP contribution in [0.15, 0.2) is 58.4 Å². The normalized spacial score (nSPS) is 11.6. The third-order valence-corrected chi connectivity index (χ3v) is 4.97. The Morgan fingerprint density at radius 2 is 1.88 bits per heavy atom. The molecule has 0 saturated carbocycles. The van der Waals surface area contributed by atoms with Crippen LogP contribution in [0.3, 0.4) is 0 Å². The fourth-order valence-corrected chi connectivity index (χ4v) is 3.28. The molecule has 5 nitrogen and oxygen atoms in total. The molecule has 0 atom stereocenters. The Kier molecular flexibility index (Phi) is 7.50. The molecule has 1 amide bonds. The smallest absolute Gasteiger partial charge is 0.233 e. The average molecular weight is 441 g/mol. The number of benzene rings is 2. The fourth-order valence-electron chi connectivity index (χ4n) is 2.05. The van der Waals surface area contributed by atoms with E-state index in [9.17, 15) is 17.6 Å². The predicted octanol–water partition coefficient (Wildman–Crippen LogP) is 3.18. The second-order valence-corrected chi connectivity index (χ2v) is 7.98. The van der Waals surface area contributed by atoms with Crippen LogP contribution in [0.5, 0.6) is 0 Å². The van der Waals surface area contributed by atoms with Gasteiger partial charge in [0.2, 0.25) is 15.9 Å². The lowest BCUT2D eigenvalue weighted by molar-refractivity contribution is -0.121. The number of hydrogen-bond acceptors (Lipinski definition) is 3. The monoisotopic (exact) mass is 440 g/mol. The van der Waals surface area contributed by atoms with Crippen molar-refractivity contribution >= 4 is 37.9 Å². The number of hydrogen-bond donors (Lipinski definition) is 2. The molecular formula is C18H18BrFN2O3S. The molecule has 0 saturated heterocycles. The Morgan fingerprint density at radius 1 is 1.15 bits per heavy atom. The molecule has 0 unspecified atom stereocenters. The number of nitrogens with one attached hydrogen (secondary N) is 2. The first-order chi connectivity index (χ1) is 12.4. The van der Waals surface area contributed by atoms with Gasteiger partial charge in [0.25, 0.3) is 0 Å². The lowest BCUT2D eigenvalue weighted by Crippen LogP contribution is -2.29. The van der Waals surface area contributed by atoms with Gasteiger partial charge in [-0.1, -0.05) is 46.3 Å². The van der Waals surface area contributed by atoms with Crippen LogP contribution < -0.4 is 10.0 Å². The predicted molar refractivity (Wildman–Crippen MR) is 103 cm³/mol. The van der Waals surface area contributed by atoms with Crippen LogP contribution in [0.4, 0.5) is 4.39 Å². The van der Waals surface area contributed by atoms with Crippen molar-refractivity contribution < 1.29 is 17.6 Å². The standard InChI is InChI=1S/C18H18BrFN2O3S/c19-16-6-7-17(20)15(12-16)13-21-18(23)8-10-22-26(24,25)11-9-14-4-2-1-3-5-14/h1-7,9,11-12,22H,8,10,13H2,(H,21,23)/b11-9+. The molecule has 0 bridgehead atoms. The SMILES string of the molecule is O=C(CCNS(=O)(=O)/C=C/c1ccccc1)NCc1cc(Br)ccc1F. The van der Waals surface area contributed by atoms with Gasteiger partial charge >= 0.3 is 0 Å². The summed E-state index contributed by atoms with van der Waals surface area (Å²) in [5, 5.41) is 3.61. The van der Waals surface area contributed by atoms with Crippen LogP contribution in [-0.2, 0) is 21.4 Å². The van der Waals surface area contributed by atoms with Crippen LogP contribution in [0.25, 0.3) is 6.08 Å². The summed E-state index contributed by atoms with van der Waals surface area (Å²) < 4.78 is 40.3. The Labute approximate surface area is 160 Å². The second-order valence-electron chi connectivity index (χ2n) is 5.42. The maximum Gasteiger partial charge on any atom is 0.233 e. The minimum absolute atomic E-state index is 0.0325. The molecule has 0 spiro atoms. The summed E-state index contributed by atoms with van der Waals surface area (Å²) in [4.78, 5) is 11.8. The van der Waals surface area contributed by atoms with Crippen molar-refractivity contribution in [2.75, 3.05) is 6.54 Å². The summed E-state index contributed by atoms with van der Waals surface area (Å²) in [6.45, 7) is -0.0149. The Bertz CT molecular complexity index is 887. The molecule has 8 heteroatoms. The van der Waals surface area contributed by atoms with E-state index >= 15 is 0 Å².